The van der Waals surface area contributed by atoms with Crippen molar-refractivity contribution >= 4 is 28.3 Å². The third-order valence-corrected chi connectivity index (χ3v) is 7.30. The highest BCUT2D eigenvalue weighted by molar-refractivity contribution is 5.93. The van der Waals surface area contributed by atoms with Crippen LogP contribution in [0.1, 0.15) is 12.8 Å². The van der Waals surface area contributed by atoms with Crippen LogP contribution in [0.15, 0.2) is 79.8 Å². The highest BCUT2D eigenvalue weighted by Crippen LogP contribution is 2.37. The van der Waals surface area contributed by atoms with Crippen LogP contribution in [0.4, 0.5) is 15.9 Å². The minimum absolute atomic E-state index is 0.0843. The van der Waals surface area contributed by atoms with E-state index in [0.717, 1.165) is 5.56 Å². The fourth-order valence-electron chi connectivity index (χ4n) is 5.04. The summed E-state index contributed by atoms with van der Waals surface area (Å²) in [4.78, 5) is 22.4. The first-order chi connectivity index (χ1) is 21.4. The standard InChI is InChI=1S/C32H30FN7O4/c1-4-31(41)40-12-10-21(11-13-40)44-30-16-24-27(17-29(30)42-3)34-19-35-32(24)36-26-9-8-23(15-25(26)33)43-22-7-5-6-20(14-22)28-18-39(2)38-37-28/h4-9,14-19,21H,1,10-13H2,2-3H3,(H,34,35,36). The summed E-state index contributed by atoms with van der Waals surface area (Å²) >= 11 is 0. The van der Waals surface area contributed by atoms with Gasteiger partial charge in [0.2, 0.25) is 5.91 Å². The van der Waals surface area contributed by atoms with Gasteiger partial charge in [0.15, 0.2) is 11.5 Å². The summed E-state index contributed by atoms with van der Waals surface area (Å²) in [6, 6.07) is 15.5. The molecule has 0 spiro atoms. The number of carbonyl (C=O) groups is 1. The van der Waals surface area contributed by atoms with E-state index in [1.54, 1.807) is 60.3 Å². The highest BCUT2D eigenvalue weighted by Gasteiger charge is 2.24. The smallest absolute Gasteiger partial charge is 0.245 e. The van der Waals surface area contributed by atoms with E-state index < -0.39 is 5.82 Å². The summed E-state index contributed by atoms with van der Waals surface area (Å²) in [5.74, 6) is 1.69. The molecule has 12 heteroatoms. The zero-order valence-electron chi connectivity index (χ0n) is 24.2. The van der Waals surface area contributed by atoms with Gasteiger partial charge in [-0.3, -0.25) is 9.48 Å². The van der Waals surface area contributed by atoms with Crippen LogP contribution >= 0.6 is 0 Å². The fraction of sp³-hybridized carbons (Fsp3) is 0.219. The molecule has 0 bridgehead atoms. The fourth-order valence-corrected chi connectivity index (χ4v) is 5.04. The van der Waals surface area contributed by atoms with Crippen LogP contribution in [0, 0.1) is 5.82 Å². The number of halogens is 1. The number of piperidine rings is 1. The van der Waals surface area contributed by atoms with E-state index in [-0.39, 0.29) is 17.7 Å². The molecule has 0 atom stereocenters. The van der Waals surface area contributed by atoms with E-state index in [4.69, 9.17) is 14.2 Å². The number of hydrogen-bond acceptors (Lipinski definition) is 9. The number of methoxy groups -OCH3 is 1. The lowest BCUT2D eigenvalue weighted by atomic mass is 10.1. The van der Waals surface area contributed by atoms with Crippen LogP contribution in [0.3, 0.4) is 0 Å². The highest BCUT2D eigenvalue weighted by atomic mass is 19.1. The predicted octanol–water partition coefficient (Wildman–Crippen LogP) is 5.66. The molecule has 44 heavy (non-hydrogen) atoms. The molecule has 224 valence electrons. The van der Waals surface area contributed by atoms with Gasteiger partial charge in [0.25, 0.3) is 0 Å². The summed E-state index contributed by atoms with van der Waals surface area (Å²) < 4.78 is 34.8. The monoisotopic (exact) mass is 595 g/mol. The van der Waals surface area contributed by atoms with Gasteiger partial charge < -0.3 is 24.4 Å². The van der Waals surface area contributed by atoms with Crippen LogP contribution in [0.2, 0.25) is 0 Å². The molecule has 1 amide bonds. The number of nitrogens with zero attached hydrogens (tertiary/aromatic N) is 6. The van der Waals surface area contributed by atoms with Gasteiger partial charge in [0.1, 0.15) is 41.3 Å². The zero-order valence-corrected chi connectivity index (χ0v) is 24.2. The van der Waals surface area contributed by atoms with Crippen LogP contribution < -0.4 is 19.5 Å². The first-order valence-corrected chi connectivity index (χ1v) is 14.0. The second kappa shape index (κ2) is 12.4. The van der Waals surface area contributed by atoms with E-state index >= 15 is 4.39 Å². The molecular formula is C32H30FN7O4. The average molecular weight is 596 g/mol. The minimum Gasteiger partial charge on any atom is -0.493 e. The van der Waals surface area contributed by atoms with Crippen molar-refractivity contribution in [3.63, 3.8) is 0 Å². The number of rotatable bonds is 9. The van der Waals surface area contributed by atoms with Gasteiger partial charge in [0, 0.05) is 56.1 Å². The van der Waals surface area contributed by atoms with Crippen LogP contribution in [-0.2, 0) is 11.8 Å². The number of aryl methyl sites for hydroxylation is 1. The molecule has 1 aliphatic rings. The van der Waals surface area contributed by atoms with Crippen molar-refractivity contribution in [1.82, 2.24) is 29.9 Å². The van der Waals surface area contributed by atoms with Gasteiger partial charge in [-0.05, 0) is 36.4 Å². The largest absolute Gasteiger partial charge is 0.493 e. The molecular weight excluding hydrogens is 565 g/mol. The van der Waals surface area contributed by atoms with Crippen LogP contribution in [-0.4, -0.2) is 62.1 Å². The molecule has 2 aromatic heterocycles. The summed E-state index contributed by atoms with van der Waals surface area (Å²) in [6.07, 6.45) is 5.76. The maximum atomic E-state index is 15.3. The first-order valence-electron chi connectivity index (χ1n) is 14.0. The Morgan fingerprint density at radius 3 is 2.61 bits per heavy atom. The number of amides is 1. The topological polar surface area (TPSA) is 117 Å². The van der Waals surface area contributed by atoms with Gasteiger partial charge >= 0.3 is 0 Å². The summed E-state index contributed by atoms with van der Waals surface area (Å²) in [7, 11) is 3.36. The first kappa shape index (κ1) is 28.6. The zero-order chi connectivity index (χ0) is 30.6. The number of anilines is 2. The molecule has 1 saturated heterocycles. The van der Waals surface area contributed by atoms with E-state index in [1.165, 1.54) is 18.5 Å². The van der Waals surface area contributed by atoms with Crippen molar-refractivity contribution in [3.05, 3.63) is 85.6 Å². The molecule has 0 saturated carbocycles. The van der Waals surface area contributed by atoms with Crippen molar-refractivity contribution in [2.75, 3.05) is 25.5 Å². The summed E-state index contributed by atoms with van der Waals surface area (Å²) in [5.41, 5.74) is 2.35. The van der Waals surface area contributed by atoms with Gasteiger partial charge in [-0.15, -0.1) is 5.10 Å². The Balaban J connectivity index is 1.20. The molecule has 1 N–H and O–H groups in total. The SMILES string of the molecule is C=CC(=O)N1CCC(Oc2cc3c(Nc4ccc(Oc5cccc(-c6cn(C)nn6)c5)cc4F)ncnc3cc2OC)CC1. The molecule has 5 aromatic rings. The number of fused-ring (bicyclic) bond motifs is 1. The Bertz CT molecular complexity index is 1840. The summed E-state index contributed by atoms with van der Waals surface area (Å²) in [6.45, 7) is 4.71. The van der Waals surface area contributed by atoms with Gasteiger partial charge in [-0.2, -0.15) is 0 Å². The third kappa shape index (κ3) is 6.14. The number of likely N-dealkylation sites (tertiary alicyclic amines) is 1. The maximum Gasteiger partial charge on any atom is 0.245 e. The Kier molecular flexibility index (Phi) is 8.04. The number of ether oxygens (including phenoxy) is 3. The number of hydrogen-bond donors (Lipinski definition) is 1. The lowest BCUT2D eigenvalue weighted by Gasteiger charge is -2.31. The number of nitrogens with one attached hydrogen (secondary N) is 1. The van der Waals surface area contributed by atoms with E-state index in [1.807, 2.05) is 18.2 Å². The Morgan fingerprint density at radius 2 is 1.89 bits per heavy atom. The third-order valence-electron chi connectivity index (χ3n) is 7.30. The van der Waals surface area contributed by atoms with Crippen LogP contribution in [0.5, 0.6) is 23.0 Å². The van der Waals surface area contributed by atoms with E-state index in [2.05, 4.69) is 32.2 Å². The van der Waals surface area contributed by atoms with Gasteiger partial charge in [-0.25, -0.2) is 14.4 Å². The number of carbonyl (C=O) groups excluding carboxylic acids is 1. The second-order valence-electron chi connectivity index (χ2n) is 10.3. The van der Waals surface area contributed by atoms with Crippen LogP contribution in [0.25, 0.3) is 22.2 Å². The molecule has 0 aliphatic carbocycles. The molecule has 6 rings (SSSR count). The minimum atomic E-state index is -0.523. The van der Waals surface area contributed by atoms with E-state index in [0.29, 0.717) is 71.3 Å². The molecule has 3 heterocycles. The molecule has 1 aliphatic heterocycles. The molecule has 11 nitrogen and oxygen atoms in total. The second-order valence-corrected chi connectivity index (χ2v) is 10.3. The summed E-state index contributed by atoms with van der Waals surface area (Å²) in [5, 5.41) is 11.8. The predicted molar refractivity (Wildman–Crippen MR) is 163 cm³/mol. The van der Waals surface area contributed by atoms with Crippen molar-refractivity contribution in [1.29, 1.82) is 0 Å². The molecule has 0 radical (unpaired) electrons. The lowest BCUT2D eigenvalue weighted by Crippen LogP contribution is -2.41. The number of benzene rings is 3. The van der Waals surface area contributed by atoms with Crippen molar-refractivity contribution in [2.45, 2.75) is 18.9 Å². The van der Waals surface area contributed by atoms with E-state index in [9.17, 15) is 4.79 Å². The number of aromatic nitrogens is 5. The molecule has 3 aromatic carbocycles. The average Bonchev–Trinajstić information content (AvgIpc) is 3.48. The van der Waals surface area contributed by atoms with Crippen molar-refractivity contribution < 1.29 is 23.4 Å². The Hall–Kier alpha value is -5.52. The lowest BCUT2D eigenvalue weighted by molar-refractivity contribution is -0.127. The Morgan fingerprint density at radius 1 is 1.07 bits per heavy atom. The normalized spacial score (nSPS) is 13.5. The molecule has 1 fully saturated rings. The Labute approximate surface area is 252 Å². The quantitative estimate of drug-likeness (QED) is 0.215. The molecule has 0 unspecified atom stereocenters. The van der Waals surface area contributed by atoms with Crippen molar-refractivity contribution in [2.24, 2.45) is 7.05 Å². The van der Waals surface area contributed by atoms with Crippen molar-refractivity contribution in [3.8, 4) is 34.3 Å². The van der Waals surface area contributed by atoms with Gasteiger partial charge in [-0.1, -0.05) is 23.9 Å². The van der Waals surface area contributed by atoms with Gasteiger partial charge in [0.05, 0.1) is 24.5 Å². The maximum absolute atomic E-state index is 15.3.